The summed E-state index contributed by atoms with van der Waals surface area (Å²) in [6.07, 6.45) is 4.19. The molecule has 2 aromatic heterocycles. The SMILES string of the molecule is CCCC1Cc2c(c3cccnc3n(-c3ccc(F)cc3)c2=O)O1. The number of fused-ring (bicyclic) bond motifs is 3. The van der Waals surface area contributed by atoms with Crippen LogP contribution in [0.1, 0.15) is 25.3 Å². The first-order valence-corrected chi connectivity index (χ1v) is 8.14. The molecular formula is C19H17FN2O2. The Kier molecular flexibility index (Phi) is 3.56. The highest BCUT2D eigenvalue weighted by Crippen LogP contribution is 2.35. The number of hydrogen-bond donors (Lipinski definition) is 0. The Morgan fingerprint density at radius 3 is 2.83 bits per heavy atom. The highest BCUT2D eigenvalue weighted by molar-refractivity contribution is 5.85. The van der Waals surface area contributed by atoms with E-state index in [9.17, 15) is 9.18 Å². The molecule has 4 nitrogen and oxygen atoms in total. The van der Waals surface area contributed by atoms with Crippen LogP contribution in [0.3, 0.4) is 0 Å². The third-order valence-corrected chi connectivity index (χ3v) is 4.39. The fourth-order valence-corrected chi connectivity index (χ4v) is 3.31. The van der Waals surface area contributed by atoms with Gasteiger partial charge in [0.1, 0.15) is 17.7 Å². The molecule has 0 radical (unpaired) electrons. The van der Waals surface area contributed by atoms with Gasteiger partial charge in [0.25, 0.3) is 5.56 Å². The van der Waals surface area contributed by atoms with E-state index in [4.69, 9.17) is 4.74 Å². The number of nitrogens with zero attached hydrogens (tertiary/aromatic N) is 2. The van der Waals surface area contributed by atoms with Crippen LogP contribution in [0.2, 0.25) is 0 Å². The molecule has 1 aliphatic rings. The summed E-state index contributed by atoms with van der Waals surface area (Å²) in [4.78, 5) is 17.4. The van der Waals surface area contributed by atoms with Gasteiger partial charge in [0.15, 0.2) is 5.65 Å². The maximum absolute atomic E-state index is 13.2. The first kappa shape index (κ1) is 14.9. The fraction of sp³-hybridized carbons (Fsp3) is 0.263. The predicted molar refractivity (Wildman–Crippen MR) is 90.3 cm³/mol. The monoisotopic (exact) mass is 324 g/mol. The molecule has 3 aromatic rings. The Hall–Kier alpha value is -2.69. The molecule has 0 saturated carbocycles. The summed E-state index contributed by atoms with van der Waals surface area (Å²) >= 11 is 0. The van der Waals surface area contributed by atoms with Gasteiger partial charge in [-0.3, -0.25) is 9.36 Å². The average Bonchev–Trinajstić information content (AvgIpc) is 3.02. The van der Waals surface area contributed by atoms with E-state index in [0.717, 1.165) is 18.2 Å². The van der Waals surface area contributed by atoms with Crippen molar-refractivity contribution in [3.8, 4) is 11.4 Å². The maximum atomic E-state index is 13.2. The van der Waals surface area contributed by atoms with E-state index in [1.165, 1.54) is 12.1 Å². The standard InChI is InChI=1S/C19H17FN2O2/c1-2-4-14-11-16-17(24-14)15-5-3-10-21-18(15)22(19(16)23)13-8-6-12(20)7-9-13/h3,5-10,14H,2,4,11H2,1H3. The molecule has 0 amide bonds. The summed E-state index contributed by atoms with van der Waals surface area (Å²) in [5.74, 6) is 0.316. The lowest BCUT2D eigenvalue weighted by atomic mass is 10.1. The van der Waals surface area contributed by atoms with Crippen LogP contribution in [0, 0.1) is 5.82 Å². The van der Waals surface area contributed by atoms with Gasteiger partial charge in [-0.05, 0) is 42.8 Å². The minimum atomic E-state index is -0.337. The van der Waals surface area contributed by atoms with Crippen LogP contribution in [-0.4, -0.2) is 15.7 Å². The van der Waals surface area contributed by atoms with Crippen molar-refractivity contribution in [3.05, 3.63) is 64.3 Å². The van der Waals surface area contributed by atoms with Crippen molar-refractivity contribution in [1.82, 2.24) is 9.55 Å². The molecule has 0 N–H and O–H groups in total. The second kappa shape index (κ2) is 5.74. The Balaban J connectivity index is 1.99. The topological polar surface area (TPSA) is 44.1 Å². The van der Waals surface area contributed by atoms with Crippen molar-refractivity contribution in [2.45, 2.75) is 32.3 Å². The lowest BCUT2D eigenvalue weighted by Gasteiger charge is -2.13. The minimum absolute atomic E-state index is 0.0326. The smallest absolute Gasteiger partial charge is 0.263 e. The molecule has 0 saturated heterocycles. The van der Waals surface area contributed by atoms with Crippen LogP contribution in [0.25, 0.3) is 16.7 Å². The number of ether oxygens (including phenoxy) is 1. The molecule has 5 heteroatoms. The van der Waals surface area contributed by atoms with Crippen molar-refractivity contribution in [1.29, 1.82) is 0 Å². The molecule has 4 rings (SSSR count). The van der Waals surface area contributed by atoms with E-state index >= 15 is 0 Å². The summed E-state index contributed by atoms with van der Waals surface area (Å²) < 4.78 is 20.8. The molecule has 0 fully saturated rings. The maximum Gasteiger partial charge on any atom is 0.263 e. The molecule has 122 valence electrons. The van der Waals surface area contributed by atoms with Crippen LogP contribution >= 0.6 is 0 Å². The van der Waals surface area contributed by atoms with Gasteiger partial charge in [-0.2, -0.15) is 0 Å². The quantitative estimate of drug-likeness (QED) is 0.739. The van der Waals surface area contributed by atoms with Gasteiger partial charge >= 0.3 is 0 Å². The van der Waals surface area contributed by atoms with Gasteiger partial charge in [0.2, 0.25) is 0 Å². The molecular weight excluding hydrogens is 307 g/mol. The zero-order valence-electron chi connectivity index (χ0n) is 13.3. The Morgan fingerprint density at radius 1 is 1.29 bits per heavy atom. The van der Waals surface area contributed by atoms with Crippen LogP contribution in [0.4, 0.5) is 4.39 Å². The fourth-order valence-electron chi connectivity index (χ4n) is 3.31. The third-order valence-electron chi connectivity index (χ3n) is 4.39. The molecule has 1 aromatic carbocycles. The Morgan fingerprint density at radius 2 is 2.08 bits per heavy atom. The second-order valence-electron chi connectivity index (χ2n) is 6.03. The van der Waals surface area contributed by atoms with E-state index in [0.29, 0.717) is 29.1 Å². The molecule has 0 spiro atoms. The molecule has 0 aliphatic carbocycles. The van der Waals surface area contributed by atoms with Crippen molar-refractivity contribution in [3.63, 3.8) is 0 Å². The summed E-state index contributed by atoms with van der Waals surface area (Å²) in [7, 11) is 0. The normalized spacial score (nSPS) is 16.2. The summed E-state index contributed by atoms with van der Waals surface area (Å²) in [6, 6.07) is 9.63. The predicted octanol–water partition coefficient (Wildman–Crippen LogP) is 3.63. The van der Waals surface area contributed by atoms with Gasteiger partial charge in [-0.1, -0.05) is 13.3 Å². The lowest BCUT2D eigenvalue weighted by molar-refractivity contribution is 0.222. The molecule has 1 aliphatic heterocycles. The Labute approximate surface area is 138 Å². The van der Waals surface area contributed by atoms with Crippen LogP contribution in [0.15, 0.2) is 47.4 Å². The van der Waals surface area contributed by atoms with Crippen LogP contribution < -0.4 is 10.3 Å². The van der Waals surface area contributed by atoms with Crippen molar-refractivity contribution < 1.29 is 9.13 Å². The van der Waals surface area contributed by atoms with Gasteiger partial charge < -0.3 is 4.74 Å². The number of rotatable bonds is 3. The van der Waals surface area contributed by atoms with Crippen LogP contribution in [0.5, 0.6) is 5.75 Å². The van der Waals surface area contributed by atoms with E-state index in [1.807, 2.05) is 12.1 Å². The summed E-state index contributed by atoms with van der Waals surface area (Å²) in [6.45, 7) is 2.10. The van der Waals surface area contributed by atoms with E-state index in [2.05, 4.69) is 11.9 Å². The largest absolute Gasteiger partial charge is 0.489 e. The Bertz CT molecular complexity index is 964. The average molecular weight is 324 g/mol. The van der Waals surface area contributed by atoms with E-state index in [1.54, 1.807) is 22.9 Å². The highest BCUT2D eigenvalue weighted by Gasteiger charge is 2.29. The van der Waals surface area contributed by atoms with E-state index < -0.39 is 0 Å². The second-order valence-corrected chi connectivity index (χ2v) is 6.03. The summed E-state index contributed by atoms with van der Waals surface area (Å²) in [5, 5.41) is 0.815. The van der Waals surface area contributed by atoms with Crippen LogP contribution in [-0.2, 0) is 6.42 Å². The van der Waals surface area contributed by atoms with Crippen molar-refractivity contribution in [2.75, 3.05) is 0 Å². The van der Waals surface area contributed by atoms with Gasteiger partial charge in [-0.15, -0.1) is 0 Å². The van der Waals surface area contributed by atoms with E-state index in [-0.39, 0.29) is 17.5 Å². The molecule has 1 unspecified atom stereocenters. The van der Waals surface area contributed by atoms with Gasteiger partial charge in [0.05, 0.1) is 16.6 Å². The molecule has 24 heavy (non-hydrogen) atoms. The van der Waals surface area contributed by atoms with Gasteiger partial charge in [-0.25, -0.2) is 9.37 Å². The number of hydrogen-bond acceptors (Lipinski definition) is 3. The number of pyridine rings is 2. The lowest BCUT2D eigenvalue weighted by Crippen LogP contribution is -2.23. The molecule has 3 heterocycles. The summed E-state index contributed by atoms with van der Waals surface area (Å²) in [5.41, 5.74) is 1.68. The van der Waals surface area contributed by atoms with Gasteiger partial charge in [0, 0.05) is 12.6 Å². The number of benzene rings is 1. The minimum Gasteiger partial charge on any atom is -0.489 e. The molecule has 1 atom stereocenters. The molecule has 0 bridgehead atoms. The highest BCUT2D eigenvalue weighted by atomic mass is 19.1. The zero-order chi connectivity index (χ0) is 16.7. The first-order chi connectivity index (χ1) is 11.7. The van der Waals surface area contributed by atoms with Crippen molar-refractivity contribution >= 4 is 11.0 Å². The van der Waals surface area contributed by atoms with Crippen molar-refractivity contribution in [2.24, 2.45) is 0 Å². The first-order valence-electron chi connectivity index (χ1n) is 8.14. The number of halogens is 1. The number of aromatic nitrogens is 2. The third kappa shape index (κ3) is 2.28. The zero-order valence-corrected chi connectivity index (χ0v) is 13.3.